The van der Waals surface area contributed by atoms with Crippen LogP contribution in [0.3, 0.4) is 0 Å². The summed E-state index contributed by atoms with van der Waals surface area (Å²) in [4.78, 5) is 0. The van der Waals surface area contributed by atoms with Gasteiger partial charge in [0.15, 0.2) is 0 Å². The van der Waals surface area contributed by atoms with Gasteiger partial charge in [-0.2, -0.15) is 23.3 Å². The van der Waals surface area contributed by atoms with Gasteiger partial charge in [-0.3, -0.25) is 0 Å². The van der Waals surface area contributed by atoms with Crippen molar-refractivity contribution in [2.45, 2.75) is 77.3 Å². The van der Waals surface area contributed by atoms with Crippen LogP contribution in [0.4, 0.5) is 0 Å². The van der Waals surface area contributed by atoms with Crippen LogP contribution < -0.4 is 0 Å². The normalized spacial score (nSPS) is 12.7. The van der Waals surface area contributed by atoms with E-state index in [1.54, 1.807) is 0 Å². The van der Waals surface area contributed by atoms with Gasteiger partial charge < -0.3 is 30.3 Å². The van der Waals surface area contributed by atoms with Crippen LogP contribution in [0, 0.1) is 0 Å². The van der Waals surface area contributed by atoms with Crippen molar-refractivity contribution in [2.24, 2.45) is 0 Å². The van der Waals surface area contributed by atoms with Crippen LogP contribution in [0.2, 0.25) is 0 Å². The van der Waals surface area contributed by atoms with E-state index < -0.39 is 0 Å². The summed E-state index contributed by atoms with van der Waals surface area (Å²) in [6, 6.07) is 28.0. The van der Waals surface area contributed by atoms with Gasteiger partial charge in [0.25, 0.3) is 0 Å². The molecule has 0 radical (unpaired) electrons. The molecule has 0 nitrogen and oxygen atoms in total. The van der Waals surface area contributed by atoms with Crippen LogP contribution >= 0.6 is 7.92 Å². The van der Waals surface area contributed by atoms with Gasteiger partial charge in [-0.05, 0) is 21.8 Å². The molecule has 0 N–H and O–H groups in total. The molecule has 30 heavy (non-hydrogen) atoms. The third-order valence-electron chi connectivity index (χ3n) is 5.31. The van der Waals surface area contributed by atoms with Crippen molar-refractivity contribution in [2.75, 3.05) is 0 Å². The first kappa shape index (κ1) is 26.9. The van der Waals surface area contributed by atoms with E-state index in [-0.39, 0.29) is 25.0 Å². The van der Waals surface area contributed by atoms with E-state index >= 15 is 0 Å². The fourth-order valence-corrected chi connectivity index (χ4v) is 7.53. The number of hydrogen-bond donors (Lipinski definition) is 0. The summed E-state index contributed by atoms with van der Waals surface area (Å²) >= 11 is 0. The monoisotopic (exact) mass is 462 g/mol. The molecule has 3 aromatic rings. The fraction of sp³-hybridized carbons (Fsp3) is 0.429. The molecule has 0 bridgehead atoms. The van der Waals surface area contributed by atoms with Gasteiger partial charge in [0, 0.05) is 17.1 Å². The zero-order valence-corrected chi connectivity index (χ0v) is 21.8. The topological polar surface area (TPSA) is 0 Å². The maximum atomic E-state index is 2.45. The van der Waals surface area contributed by atoms with E-state index in [1.807, 2.05) is 30.3 Å². The summed E-state index contributed by atoms with van der Waals surface area (Å²) in [6.45, 7) is 16.8. The summed E-state index contributed by atoms with van der Waals surface area (Å²) in [7, 11) is -0.0699. The van der Waals surface area contributed by atoms with Crippen LogP contribution in [-0.2, 0) is 29.7 Å². The maximum absolute atomic E-state index is 2.45. The van der Waals surface area contributed by atoms with Crippen molar-refractivity contribution in [3.63, 3.8) is 0 Å². The van der Waals surface area contributed by atoms with Crippen molar-refractivity contribution in [3.05, 3.63) is 95.6 Å². The quantitative estimate of drug-likeness (QED) is 0.202. The number of benzene rings is 1. The van der Waals surface area contributed by atoms with Gasteiger partial charge in [0.2, 0.25) is 0 Å². The first-order valence-corrected chi connectivity index (χ1v) is 12.3. The summed E-state index contributed by atoms with van der Waals surface area (Å²) < 4.78 is 0. The van der Waals surface area contributed by atoms with Gasteiger partial charge >= 0.3 is 0 Å². The smallest absolute Gasteiger partial charge is 0 e. The molecule has 2 heteroatoms. The molecule has 0 spiro atoms. The minimum atomic E-state index is -0.0699. The molecule has 1 unspecified atom stereocenters. The predicted octanol–water partition coefficient (Wildman–Crippen LogP) is 8.73. The molecule has 0 amide bonds. The van der Waals surface area contributed by atoms with Crippen LogP contribution in [-0.4, -0.2) is 10.3 Å². The molecule has 0 aromatic heterocycles. The van der Waals surface area contributed by atoms with E-state index in [1.165, 1.54) is 22.9 Å². The SMILES string of the molecule is CC(C[c-]1ccc(CP(C(C)(C)C)C(C)(C)C)c1)c1ccccc1.[Fe].[cH-]1[cH-][cH-][cH-][cH-]1. The Morgan fingerprint density at radius 1 is 0.833 bits per heavy atom. The summed E-state index contributed by atoms with van der Waals surface area (Å²) in [5, 5.41) is 0.782. The third kappa shape index (κ3) is 8.93. The fourth-order valence-electron chi connectivity index (χ4n) is 4.01. The van der Waals surface area contributed by atoms with Crippen LogP contribution in [0.25, 0.3) is 0 Å². The molecule has 0 saturated heterocycles. The van der Waals surface area contributed by atoms with Gasteiger partial charge in [-0.25, -0.2) is 6.07 Å². The second kappa shape index (κ2) is 12.0. The first-order valence-electron chi connectivity index (χ1n) is 10.8. The standard InChI is InChI=1S/C23H34P.C5H5.Fe/c1-18(21-11-9-8-10-12-21)15-19-13-14-20(16-19)17-24(22(2,3)4)23(5,6)7;1-2-4-5-3-1;/h8-14,16,18H,15,17H2,1-7H3;1-5H;/q-1;-5;. The minimum absolute atomic E-state index is 0. The zero-order valence-electron chi connectivity index (χ0n) is 19.8. The molecule has 3 aromatic carbocycles. The van der Waals surface area contributed by atoms with E-state index in [4.69, 9.17) is 0 Å². The van der Waals surface area contributed by atoms with Crippen molar-refractivity contribution in [3.8, 4) is 0 Å². The Morgan fingerprint density at radius 2 is 1.33 bits per heavy atom. The van der Waals surface area contributed by atoms with Crippen molar-refractivity contribution < 1.29 is 17.1 Å². The zero-order chi connectivity index (χ0) is 21.5. The molecule has 0 heterocycles. The van der Waals surface area contributed by atoms with Crippen molar-refractivity contribution >= 4 is 7.92 Å². The van der Waals surface area contributed by atoms with E-state index in [0.717, 1.165) is 6.42 Å². The molecule has 0 aliphatic carbocycles. The molecule has 0 saturated carbocycles. The van der Waals surface area contributed by atoms with E-state index in [0.29, 0.717) is 16.2 Å². The summed E-state index contributed by atoms with van der Waals surface area (Å²) in [6.07, 6.45) is 2.37. The largest absolute Gasteiger partial charge is 0.748 e. The minimum Gasteiger partial charge on any atom is -0.748 e. The molecule has 0 aliphatic rings. The Bertz CT molecular complexity index is 769. The van der Waals surface area contributed by atoms with Crippen LogP contribution in [0.1, 0.15) is 71.1 Å². The van der Waals surface area contributed by atoms with Gasteiger partial charge in [-0.1, -0.05) is 91.4 Å². The van der Waals surface area contributed by atoms with Crippen molar-refractivity contribution in [1.82, 2.24) is 0 Å². The van der Waals surface area contributed by atoms with Gasteiger partial charge in [0.05, 0.1) is 0 Å². The Balaban J connectivity index is 0.000000655. The summed E-state index contributed by atoms with van der Waals surface area (Å²) in [5.41, 5.74) is 4.45. The maximum Gasteiger partial charge on any atom is 0 e. The second-order valence-electron chi connectivity index (χ2n) is 10.0. The van der Waals surface area contributed by atoms with Gasteiger partial charge in [-0.15, -0.1) is 7.92 Å². The van der Waals surface area contributed by atoms with E-state index in [9.17, 15) is 0 Å². The number of hydrogen-bond acceptors (Lipinski definition) is 0. The molecule has 0 aliphatic heterocycles. The molecule has 0 fully saturated rings. The molecular weight excluding hydrogens is 423 g/mol. The Kier molecular flexibility index (Phi) is 10.8. The average molecular weight is 462 g/mol. The van der Waals surface area contributed by atoms with Gasteiger partial charge in [0.1, 0.15) is 0 Å². The molecule has 3 rings (SSSR count). The van der Waals surface area contributed by atoms with Crippen molar-refractivity contribution in [1.29, 1.82) is 0 Å². The first-order chi connectivity index (χ1) is 13.6. The molecule has 170 valence electrons. The molecular formula is C28H39FeP-6. The third-order valence-corrected chi connectivity index (χ3v) is 9.23. The Morgan fingerprint density at radius 3 is 1.80 bits per heavy atom. The average Bonchev–Trinajstić information content (AvgIpc) is 3.33. The Hall–Kier alpha value is -1.13. The van der Waals surface area contributed by atoms with Crippen LogP contribution in [0.5, 0.6) is 0 Å². The second-order valence-corrected chi connectivity index (χ2v) is 13.9. The van der Waals surface area contributed by atoms with Crippen LogP contribution in [0.15, 0.2) is 78.9 Å². The Labute approximate surface area is 197 Å². The predicted molar refractivity (Wildman–Crippen MR) is 133 cm³/mol. The number of rotatable bonds is 5. The molecule has 1 atom stereocenters. The summed E-state index contributed by atoms with van der Waals surface area (Å²) in [5.74, 6) is 0.577. The van der Waals surface area contributed by atoms with E-state index in [2.05, 4.69) is 97.0 Å².